The molecule has 2 N–H and O–H groups in total. The molecular weight excluding hydrogens is 354 g/mol. The van der Waals surface area contributed by atoms with Crippen molar-refractivity contribution >= 4 is 11.4 Å². The first-order chi connectivity index (χ1) is 14.3. The normalized spacial score (nSPS) is 10.9. The number of phenols is 1. The van der Waals surface area contributed by atoms with E-state index in [1.165, 1.54) is 89.0 Å². The van der Waals surface area contributed by atoms with Crippen LogP contribution in [-0.2, 0) is 6.42 Å². The number of anilines is 2. The molecule has 0 aliphatic heterocycles. The molecule has 0 spiro atoms. The minimum atomic E-state index is 0.355. The molecule has 0 aliphatic rings. The first-order valence-electron chi connectivity index (χ1n) is 11.9. The summed E-state index contributed by atoms with van der Waals surface area (Å²) < 4.78 is 0. The van der Waals surface area contributed by atoms with Crippen molar-refractivity contribution in [1.82, 2.24) is 0 Å². The molecule has 0 aliphatic carbocycles. The van der Waals surface area contributed by atoms with E-state index in [1.54, 1.807) is 6.07 Å². The predicted octanol–water partition coefficient (Wildman–Crippen LogP) is 8.77. The van der Waals surface area contributed by atoms with Gasteiger partial charge < -0.3 is 10.4 Å². The number of para-hydroxylation sites is 1. The molecule has 0 radical (unpaired) electrons. The van der Waals surface area contributed by atoms with E-state index >= 15 is 0 Å². The standard InChI is InChI=1S/C27H41NO/c1-2-3-4-5-6-7-8-9-10-11-12-13-15-18-24-23-26(29)21-22-27(24)28-25-19-16-14-17-20-25/h14,16-17,19-23,28-29H,2-13,15,18H2,1H3. The maximum atomic E-state index is 9.88. The van der Waals surface area contributed by atoms with Crippen LogP contribution in [0.4, 0.5) is 11.4 Å². The van der Waals surface area contributed by atoms with Crippen molar-refractivity contribution in [2.24, 2.45) is 0 Å². The highest BCUT2D eigenvalue weighted by Gasteiger charge is 2.05. The van der Waals surface area contributed by atoms with E-state index in [0.717, 1.165) is 17.8 Å². The molecular formula is C27H41NO. The Balaban J connectivity index is 1.56. The summed E-state index contributed by atoms with van der Waals surface area (Å²) >= 11 is 0. The average molecular weight is 396 g/mol. The summed E-state index contributed by atoms with van der Waals surface area (Å²) in [6.07, 6.45) is 18.9. The van der Waals surface area contributed by atoms with Crippen LogP contribution in [-0.4, -0.2) is 5.11 Å². The Morgan fingerprint density at radius 3 is 1.79 bits per heavy atom. The number of rotatable bonds is 16. The molecule has 2 aromatic carbocycles. The van der Waals surface area contributed by atoms with Gasteiger partial charge in [0.2, 0.25) is 0 Å². The first kappa shape index (κ1) is 23.3. The number of aromatic hydroxyl groups is 1. The van der Waals surface area contributed by atoms with Crippen LogP contribution in [0.2, 0.25) is 0 Å². The maximum Gasteiger partial charge on any atom is 0.116 e. The molecule has 0 fully saturated rings. The van der Waals surface area contributed by atoms with E-state index in [0.29, 0.717) is 5.75 Å². The molecule has 2 aromatic rings. The van der Waals surface area contributed by atoms with Crippen LogP contribution in [0.3, 0.4) is 0 Å². The highest BCUT2D eigenvalue weighted by Crippen LogP contribution is 2.26. The maximum absolute atomic E-state index is 9.88. The largest absolute Gasteiger partial charge is 0.508 e. The zero-order chi connectivity index (χ0) is 20.6. The molecule has 0 unspecified atom stereocenters. The number of aryl methyl sites for hydroxylation is 1. The lowest BCUT2D eigenvalue weighted by Crippen LogP contribution is -1.96. The lowest BCUT2D eigenvalue weighted by Gasteiger charge is -2.13. The summed E-state index contributed by atoms with van der Waals surface area (Å²) in [6, 6.07) is 15.9. The number of hydrogen-bond acceptors (Lipinski definition) is 2. The number of phenolic OH excluding ortho intramolecular Hbond substituents is 1. The van der Waals surface area contributed by atoms with E-state index in [1.807, 2.05) is 30.3 Å². The summed E-state index contributed by atoms with van der Waals surface area (Å²) in [5.74, 6) is 0.355. The molecule has 29 heavy (non-hydrogen) atoms. The monoisotopic (exact) mass is 395 g/mol. The fourth-order valence-electron chi connectivity index (χ4n) is 3.92. The van der Waals surface area contributed by atoms with Crippen molar-refractivity contribution < 1.29 is 5.11 Å². The average Bonchev–Trinajstić information content (AvgIpc) is 2.74. The van der Waals surface area contributed by atoms with Crippen LogP contribution in [0.5, 0.6) is 5.75 Å². The third kappa shape index (κ3) is 10.4. The molecule has 0 atom stereocenters. The van der Waals surface area contributed by atoms with Crippen molar-refractivity contribution in [2.45, 2.75) is 96.8 Å². The van der Waals surface area contributed by atoms with Crippen LogP contribution in [0.25, 0.3) is 0 Å². The van der Waals surface area contributed by atoms with Gasteiger partial charge in [0, 0.05) is 11.4 Å². The van der Waals surface area contributed by atoms with E-state index in [2.05, 4.69) is 24.4 Å². The molecule has 2 nitrogen and oxygen atoms in total. The second-order valence-corrected chi connectivity index (χ2v) is 8.33. The summed E-state index contributed by atoms with van der Waals surface area (Å²) in [5, 5.41) is 13.4. The van der Waals surface area contributed by atoms with E-state index in [9.17, 15) is 5.11 Å². The molecule has 0 bridgehead atoms. The van der Waals surface area contributed by atoms with Gasteiger partial charge >= 0.3 is 0 Å². The smallest absolute Gasteiger partial charge is 0.116 e. The fraction of sp³-hybridized carbons (Fsp3) is 0.556. The molecule has 0 aromatic heterocycles. The Bertz CT molecular complexity index is 653. The summed E-state index contributed by atoms with van der Waals surface area (Å²) in [5.41, 5.74) is 3.40. The van der Waals surface area contributed by atoms with E-state index < -0.39 is 0 Å². The van der Waals surface area contributed by atoms with Crippen molar-refractivity contribution in [3.63, 3.8) is 0 Å². The second-order valence-electron chi connectivity index (χ2n) is 8.33. The third-order valence-electron chi connectivity index (χ3n) is 5.69. The zero-order valence-corrected chi connectivity index (χ0v) is 18.5. The molecule has 2 rings (SSSR count). The van der Waals surface area contributed by atoms with Crippen LogP contribution in [0, 0.1) is 0 Å². The Kier molecular flexibility index (Phi) is 12.0. The number of hydrogen-bond donors (Lipinski definition) is 2. The highest BCUT2D eigenvalue weighted by molar-refractivity contribution is 5.64. The van der Waals surface area contributed by atoms with Crippen molar-refractivity contribution in [1.29, 1.82) is 0 Å². The van der Waals surface area contributed by atoms with Crippen molar-refractivity contribution in [2.75, 3.05) is 5.32 Å². The van der Waals surface area contributed by atoms with Crippen LogP contribution in [0.15, 0.2) is 48.5 Å². The minimum absolute atomic E-state index is 0.355. The highest BCUT2D eigenvalue weighted by atomic mass is 16.3. The first-order valence-corrected chi connectivity index (χ1v) is 11.9. The van der Waals surface area contributed by atoms with Gasteiger partial charge in [-0.1, -0.05) is 102 Å². The lowest BCUT2D eigenvalue weighted by atomic mass is 10.0. The second kappa shape index (κ2) is 15.0. The number of unbranched alkanes of at least 4 members (excludes halogenated alkanes) is 12. The van der Waals surface area contributed by atoms with Gasteiger partial charge in [-0.3, -0.25) is 0 Å². The van der Waals surface area contributed by atoms with Gasteiger partial charge in [0.05, 0.1) is 0 Å². The number of benzene rings is 2. The fourth-order valence-corrected chi connectivity index (χ4v) is 3.92. The summed E-state index contributed by atoms with van der Waals surface area (Å²) in [4.78, 5) is 0. The zero-order valence-electron chi connectivity index (χ0n) is 18.5. The van der Waals surface area contributed by atoms with Gasteiger partial charge in [0.15, 0.2) is 0 Å². The summed E-state index contributed by atoms with van der Waals surface area (Å²) in [6.45, 7) is 2.28. The Hall–Kier alpha value is -1.96. The van der Waals surface area contributed by atoms with Gasteiger partial charge in [-0.2, -0.15) is 0 Å². The Morgan fingerprint density at radius 1 is 0.655 bits per heavy atom. The lowest BCUT2D eigenvalue weighted by molar-refractivity contribution is 0.474. The number of nitrogens with one attached hydrogen (secondary N) is 1. The van der Waals surface area contributed by atoms with Crippen LogP contribution in [0.1, 0.15) is 96.0 Å². The molecule has 0 heterocycles. The topological polar surface area (TPSA) is 32.3 Å². The van der Waals surface area contributed by atoms with Gasteiger partial charge in [0.25, 0.3) is 0 Å². The molecule has 160 valence electrons. The molecule has 0 saturated carbocycles. The molecule has 0 amide bonds. The van der Waals surface area contributed by atoms with Crippen LogP contribution < -0.4 is 5.32 Å². The molecule has 2 heteroatoms. The van der Waals surface area contributed by atoms with Crippen molar-refractivity contribution in [3.05, 3.63) is 54.1 Å². The van der Waals surface area contributed by atoms with E-state index in [-0.39, 0.29) is 0 Å². The molecule has 0 saturated heterocycles. The Labute approximate surface area is 178 Å². The predicted molar refractivity (Wildman–Crippen MR) is 127 cm³/mol. The quantitative estimate of drug-likeness (QED) is 0.220. The van der Waals surface area contributed by atoms with Gasteiger partial charge in [-0.15, -0.1) is 0 Å². The van der Waals surface area contributed by atoms with Gasteiger partial charge in [0.1, 0.15) is 5.75 Å². The summed E-state index contributed by atoms with van der Waals surface area (Å²) in [7, 11) is 0. The Morgan fingerprint density at radius 2 is 1.21 bits per heavy atom. The van der Waals surface area contributed by atoms with E-state index in [4.69, 9.17) is 0 Å². The van der Waals surface area contributed by atoms with Gasteiger partial charge in [-0.05, 0) is 48.7 Å². The SMILES string of the molecule is CCCCCCCCCCCCCCCc1cc(O)ccc1Nc1ccccc1. The van der Waals surface area contributed by atoms with Crippen LogP contribution >= 0.6 is 0 Å². The minimum Gasteiger partial charge on any atom is -0.508 e. The third-order valence-corrected chi connectivity index (χ3v) is 5.69. The van der Waals surface area contributed by atoms with Crippen molar-refractivity contribution in [3.8, 4) is 5.75 Å². The van der Waals surface area contributed by atoms with Gasteiger partial charge in [-0.25, -0.2) is 0 Å².